The Kier molecular flexibility index (Phi) is 4.86. The second-order valence-electron chi connectivity index (χ2n) is 5.61. The smallest absolute Gasteiger partial charge is 0.0331 e. The largest absolute Gasteiger partial charge is 0.310 e. The zero-order valence-corrected chi connectivity index (χ0v) is 13.9. The summed E-state index contributed by atoms with van der Waals surface area (Å²) in [5, 5.41) is 5.89. The minimum atomic E-state index is 0.263. The van der Waals surface area contributed by atoms with Gasteiger partial charge in [0.25, 0.3) is 0 Å². The Morgan fingerprint density at radius 3 is 3.00 bits per heavy atom. The van der Waals surface area contributed by atoms with Crippen LogP contribution in [0.4, 0.5) is 0 Å². The number of rotatable bonds is 3. The van der Waals surface area contributed by atoms with Gasteiger partial charge in [0.1, 0.15) is 0 Å². The number of hydrogen-bond acceptors (Lipinski definition) is 3. The van der Waals surface area contributed by atoms with Gasteiger partial charge in [-0.2, -0.15) is 0 Å². The van der Waals surface area contributed by atoms with Crippen LogP contribution in [0.3, 0.4) is 0 Å². The molecule has 0 aliphatic carbocycles. The normalized spacial score (nSPS) is 30.3. The Labute approximate surface area is 123 Å². The van der Waals surface area contributed by atoms with Gasteiger partial charge in [-0.3, -0.25) is 4.90 Å². The third-order valence-corrected chi connectivity index (χ3v) is 5.73. The lowest BCUT2D eigenvalue weighted by Gasteiger charge is -2.34. The number of thiophene rings is 1. The molecule has 18 heavy (non-hydrogen) atoms. The van der Waals surface area contributed by atoms with Crippen LogP contribution in [0.5, 0.6) is 0 Å². The molecule has 1 aromatic rings. The lowest BCUT2D eigenvalue weighted by molar-refractivity contribution is 0.165. The molecule has 0 saturated carbocycles. The molecule has 4 heteroatoms. The predicted molar refractivity (Wildman–Crippen MR) is 83.2 cm³/mol. The van der Waals surface area contributed by atoms with E-state index >= 15 is 0 Å². The maximum Gasteiger partial charge on any atom is 0.0331 e. The topological polar surface area (TPSA) is 15.3 Å². The summed E-state index contributed by atoms with van der Waals surface area (Å²) in [5.41, 5.74) is 0.263. The first-order valence-corrected chi connectivity index (χ1v) is 8.42. The second-order valence-corrected chi connectivity index (χ2v) is 7.53. The summed E-state index contributed by atoms with van der Waals surface area (Å²) in [5.74, 6) is 0. The molecular formula is C14H23BrN2S. The lowest BCUT2D eigenvalue weighted by atomic mass is 9.98. The van der Waals surface area contributed by atoms with E-state index in [9.17, 15) is 0 Å². The van der Waals surface area contributed by atoms with E-state index in [2.05, 4.69) is 58.4 Å². The van der Waals surface area contributed by atoms with Gasteiger partial charge >= 0.3 is 0 Å². The Morgan fingerprint density at radius 1 is 1.61 bits per heavy atom. The molecule has 2 heterocycles. The molecular weight excluding hydrogens is 308 g/mol. The average Bonchev–Trinajstić information content (AvgIpc) is 2.67. The number of halogens is 1. The Morgan fingerprint density at radius 2 is 2.39 bits per heavy atom. The zero-order chi connectivity index (χ0) is 13.2. The highest BCUT2D eigenvalue weighted by molar-refractivity contribution is 9.10. The summed E-state index contributed by atoms with van der Waals surface area (Å²) in [6, 6.07) is 2.91. The van der Waals surface area contributed by atoms with E-state index in [1.165, 1.54) is 22.2 Å². The first-order valence-electron chi connectivity index (χ1n) is 6.74. The predicted octanol–water partition coefficient (Wildman–Crippen LogP) is 3.86. The molecule has 102 valence electrons. The molecule has 1 aliphatic rings. The van der Waals surface area contributed by atoms with Crippen molar-refractivity contribution < 1.29 is 0 Å². The van der Waals surface area contributed by atoms with Crippen LogP contribution in [0.15, 0.2) is 15.9 Å². The molecule has 2 atom stereocenters. The highest BCUT2D eigenvalue weighted by Gasteiger charge is 2.30. The van der Waals surface area contributed by atoms with Gasteiger partial charge in [0.05, 0.1) is 0 Å². The molecule has 1 saturated heterocycles. The first-order chi connectivity index (χ1) is 8.52. The van der Waals surface area contributed by atoms with Crippen molar-refractivity contribution in [3.8, 4) is 0 Å². The Hall–Kier alpha value is 0.1000. The number of nitrogens with one attached hydrogen (secondary N) is 1. The van der Waals surface area contributed by atoms with E-state index in [4.69, 9.17) is 0 Å². The fourth-order valence-electron chi connectivity index (χ4n) is 2.51. The van der Waals surface area contributed by atoms with Crippen LogP contribution in [0, 0.1) is 0 Å². The summed E-state index contributed by atoms with van der Waals surface area (Å²) in [4.78, 5) is 4.08. The van der Waals surface area contributed by atoms with Gasteiger partial charge in [0.2, 0.25) is 0 Å². The molecule has 1 aliphatic heterocycles. The molecule has 0 amide bonds. The van der Waals surface area contributed by atoms with E-state index in [1.54, 1.807) is 0 Å². The standard InChI is InChI=1S/C14H23BrN2S/c1-4-14(3)10-17(11(2)5-6-16-14)8-13-7-12(15)9-18-13/h7,9,11,16H,4-6,8,10H2,1-3H3. The van der Waals surface area contributed by atoms with Crippen molar-refractivity contribution in [2.24, 2.45) is 0 Å². The summed E-state index contributed by atoms with van der Waals surface area (Å²) in [6.07, 6.45) is 2.42. The van der Waals surface area contributed by atoms with Crippen molar-refractivity contribution in [2.75, 3.05) is 13.1 Å². The fraction of sp³-hybridized carbons (Fsp3) is 0.714. The van der Waals surface area contributed by atoms with Crippen LogP contribution in [0.2, 0.25) is 0 Å². The molecule has 1 fully saturated rings. The highest BCUT2D eigenvalue weighted by Crippen LogP contribution is 2.25. The summed E-state index contributed by atoms with van der Waals surface area (Å²) in [6.45, 7) is 10.3. The second kappa shape index (κ2) is 6.04. The maximum atomic E-state index is 3.71. The molecule has 0 radical (unpaired) electrons. The van der Waals surface area contributed by atoms with Crippen molar-refractivity contribution in [2.45, 2.75) is 51.7 Å². The zero-order valence-electron chi connectivity index (χ0n) is 11.5. The third-order valence-electron chi connectivity index (χ3n) is 4.05. The quantitative estimate of drug-likeness (QED) is 0.905. The molecule has 0 bridgehead atoms. The van der Waals surface area contributed by atoms with E-state index in [-0.39, 0.29) is 5.54 Å². The molecule has 2 nitrogen and oxygen atoms in total. The SMILES string of the molecule is CCC1(C)CN(Cc2cc(Br)cs2)C(C)CCN1. The molecule has 1 aromatic heterocycles. The molecule has 1 N–H and O–H groups in total. The number of nitrogens with zero attached hydrogens (tertiary/aromatic N) is 1. The summed E-state index contributed by atoms with van der Waals surface area (Å²) >= 11 is 5.39. The van der Waals surface area contributed by atoms with Crippen molar-refractivity contribution in [3.63, 3.8) is 0 Å². The summed E-state index contributed by atoms with van der Waals surface area (Å²) in [7, 11) is 0. The number of hydrogen-bond donors (Lipinski definition) is 1. The van der Waals surface area contributed by atoms with Crippen molar-refractivity contribution in [3.05, 3.63) is 20.8 Å². The van der Waals surface area contributed by atoms with E-state index in [0.717, 1.165) is 19.6 Å². The van der Waals surface area contributed by atoms with Gasteiger partial charge in [0, 0.05) is 39.4 Å². The Bertz CT molecular complexity index is 393. The van der Waals surface area contributed by atoms with Crippen LogP contribution < -0.4 is 5.32 Å². The van der Waals surface area contributed by atoms with Gasteiger partial charge in [0.15, 0.2) is 0 Å². The fourth-order valence-corrected chi connectivity index (χ4v) is 3.99. The van der Waals surface area contributed by atoms with Crippen LogP contribution in [-0.4, -0.2) is 29.6 Å². The highest BCUT2D eigenvalue weighted by atomic mass is 79.9. The van der Waals surface area contributed by atoms with Gasteiger partial charge in [-0.1, -0.05) is 6.92 Å². The van der Waals surface area contributed by atoms with Gasteiger partial charge in [-0.15, -0.1) is 11.3 Å². The third kappa shape index (κ3) is 3.56. The van der Waals surface area contributed by atoms with Crippen molar-refractivity contribution >= 4 is 27.3 Å². The minimum Gasteiger partial charge on any atom is -0.310 e. The van der Waals surface area contributed by atoms with Crippen molar-refractivity contribution in [1.82, 2.24) is 10.2 Å². The van der Waals surface area contributed by atoms with Crippen LogP contribution >= 0.6 is 27.3 Å². The maximum absolute atomic E-state index is 3.71. The van der Waals surface area contributed by atoms with Crippen LogP contribution in [0.25, 0.3) is 0 Å². The Balaban J connectivity index is 2.08. The van der Waals surface area contributed by atoms with Gasteiger partial charge in [-0.25, -0.2) is 0 Å². The van der Waals surface area contributed by atoms with E-state index in [1.807, 2.05) is 11.3 Å². The van der Waals surface area contributed by atoms with Crippen molar-refractivity contribution in [1.29, 1.82) is 0 Å². The van der Waals surface area contributed by atoms with Crippen LogP contribution in [0.1, 0.15) is 38.5 Å². The van der Waals surface area contributed by atoms with Gasteiger partial charge < -0.3 is 5.32 Å². The monoisotopic (exact) mass is 330 g/mol. The van der Waals surface area contributed by atoms with E-state index < -0.39 is 0 Å². The van der Waals surface area contributed by atoms with Gasteiger partial charge in [-0.05, 0) is 55.2 Å². The average molecular weight is 331 g/mol. The minimum absolute atomic E-state index is 0.263. The molecule has 0 spiro atoms. The van der Waals surface area contributed by atoms with E-state index in [0.29, 0.717) is 6.04 Å². The molecule has 0 aromatic carbocycles. The molecule has 2 rings (SSSR count). The first kappa shape index (κ1) is 14.5. The summed E-state index contributed by atoms with van der Waals surface area (Å²) < 4.78 is 1.21. The lowest BCUT2D eigenvalue weighted by Crippen LogP contribution is -2.49. The molecule has 2 unspecified atom stereocenters. The van der Waals surface area contributed by atoms with Crippen LogP contribution in [-0.2, 0) is 6.54 Å².